The minimum atomic E-state index is -3.04. The number of benzene rings is 1. The Morgan fingerprint density at radius 1 is 1.26 bits per heavy atom. The van der Waals surface area contributed by atoms with Crippen LogP contribution in [0.25, 0.3) is 0 Å². The number of ether oxygens (including phenoxy) is 3. The zero-order valence-corrected chi connectivity index (χ0v) is 14.1. The van der Waals surface area contributed by atoms with Crippen molar-refractivity contribution in [1.29, 1.82) is 0 Å². The van der Waals surface area contributed by atoms with Crippen LogP contribution in [0.15, 0.2) is 12.1 Å². The summed E-state index contributed by atoms with van der Waals surface area (Å²) in [5.41, 5.74) is 5.12. The van der Waals surface area contributed by atoms with Crippen LogP contribution in [0.4, 0.5) is 8.78 Å². The molecule has 132 valence electrons. The highest BCUT2D eigenvalue weighted by Gasteiger charge is 2.23. The van der Waals surface area contributed by atoms with E-state index in [-0.39, 0.29) is 41.8 Å². The van der Waals surface area contributed by atoms with E-state index in [9.17, 15) is 13.6 Å². The van der Waals surface area contributed by atoms with Crippen LogP contribution in [0, 0.1) is 0 Å². The first-order valence-corrected chi connectivity index (χ1v) is 6.47. The Hall–Kier alpha value is -1.80. The number of amides is 1. The maximum atomic E-state index is 12.5. The van der Waals surface area contributed by atoms with E-state index in [4.69, 9.17) is 15.2 Å². The summed E-state index contributed by atoms with van der Waals surface area (Å²) in [6.45, 7) is 0.708. The van der Waals surface area contributed by atoms with E-state index in [1.54, 1.807) is 13.8 Å². The van der Waals surface area contributed by atoms with E-state index >= 15 is 0 Å². The van der Waals surface area contributed by atoms with Gasteiger partial charge in [0.2, 0.25) is 5.75 Å². The molecule has 9 heteroatoms. The number of rotatable bonds is 7. The second-order valence-corrected chi connectivity index (χ2v) is 5.13. The smallest absolute Gasteiger partial charge is 0.387 e. The van der Waals surface area contributed by atoms with E-state index in [0.717, 1.165) is 0 Å². The second-order valence-electron chi connectivity index (χ2n) is 5.13. The maximum Gasteiger partial charge on any atom is 0.387 e. The average Bonchev–Trinajstić information content (AvgIpc) is 2.46. The summed E-state index contributed by atoms with van der Waals surface area (Å²) < 4.78 is 39.3. The van der Waals surface area contributed by atoms with Gasteiger partial charge in [0, 0.05) is 17.6 Å². The number of halogens is 3. The van der Waals surface area contributed by atoms with Crippen molar-refractivity contribution in [3.63, 3.8) is 0 Å². The highest BCUT2D eigenvalue weighted by Crippen LogP contribution is 2.39. The summed E-state index contributed by atoms with van der Waals surface area (Å²) in [6.07, 6.45) is 0. The van der Waals surface area contributed by atoms with E-state index < -0.39 is 18.1 Å². The molecule has 0 bridgehead atoms. The van der Waals surface area contributed by atoms with Crippen LogP contribution in [-0.4, -0.2) is 38.8 Å². The first-order valence-electron chi connectivity index (χ1n) is 6.47. The lowest BCUT2D eigenvalue weighted by Crippen LogP contribution is -2.48. The number of methoxy groups -OCH3 is 2. The highest BCUT2D eigenvalue weighted by molar-refractivity contribution is 5.96. The molecule has 0 aliphatic carbocycles. The Bertz CT molecular complexity index is 517. The standard InChI is InChI=1S/C14H20F2N2O4.ClH/c1-14(2,7-17)18-12(19)8-5-9(20-3)11(22-13(15)16)10(6-8)21-4;/h5-6,13H,7,17H2,1-4H3,(H,18,19);1H. The quantitative estimate of drug-likeness (QED) is 0.784. The fourth-order valence-corrected chi connectivity index (χ4v) is 1.65. The molecule has 0 fully saturated rings. The molecule has 3 N–H and O–H groups in total. The lowest BCUT2D eigenvalue weighted by atomic mass is 10.0. The van der Waals surface area contributed by atoms with Gasteiger partial charge in [-0.15, -0.1) is 12.4 Å². The minimum Gasteiger partial charge on any atom is -0.493 e. The van der Waals surface area contributed by atoms with E-state index in [2.05, 4.69) is 10.1 Å². The molecule has 0 saturated heterocycles. The number of carbonyl (C=O) groups is 1. The van der Waals surface area contributed by atoms with Crippen molar-refractivity contribution in [3.05, 3.63) is 17.7 Å². The Morgan fingerprint density at radius 3 is 2.09 bits per heavy atom. The molecule has 6 nitrogen and oxygen atoms in total. The van der Waals surface area contributed by atoms with Gasteiger partial charge in [0.05, 0.1) is 14.2 Å². The van der Waals surface area contributed by atoms with Crippen LogP contribution < -0.4 is 25.3 Å². The number of hydrogen-bond acceptors (Lipinski definition) is 5. The SMILES string of the molecule is COc1cc(C(=O)NC(C)(C)CN)cc(OC)c1OC(F)F.Cl. The average molecular weight is 355 g/mol. The van der Waals surface area contributed by atoms with Crippen molar-refractivity contribution in [2.24, 2.45) is 5.73 Å². The molecule has 1 aromatic rings. The van der Waals surface area contributed by atoms with Gasteiger partial charge in [-0.05, 0) is 26.0 Å². The first kappa shape index (κ1) is 21.2. The molecule has 1 rings (SSSR count). The number of alkyl halides is 2. The van der Waals surface area contributed by atoms with Gasteiger partial charge in [0.25, 0.3) is 5.91 Å². The largest absolute Gasteiger partial charge is 0.493 e. The summed E-state index contributed by atoms with van der Waals surface area (Å²) in [5, 5.41) is 2.72. The molecule has 0 aromatic heterocycles. The Kier molecular flexibility index (Phi) is 8.05. The first-order chi connectivity index (χ1) is 10.2. The van der Waals surface area contributed by atoms with Crippen LogP contribution in [0.1, 0.15) is 24.2 Å². The van der Waals surface area contributed by atoms with Crippen molar-refractivity contribution in [3.8, 4) is 17.2 Å². The predicted octanol–water partition coefficient (Wildman–Crippen LogP) is 2.19. The van der Waals surface area contributed by atoms with E-state index in [1.165, 1.54) is 26.4 Å². The third kappa shape index (κ3) is 5.72. The Morgan fingerprint density at radius 2 is 1.74 bits per heavy atom. The topological polar surface area (TPSA) is 82.8 Å². The molecule has 0 spiro atoms. The van der Waals surface area contributed by atoms with Gasteiger partial charge in [-0.25, -0.2) is 0 Å². The highest BCUT2D eigenvalue weighted by atomic mass is 35.5. The van der Waals surface area contributed by atoms with E-state index in [0.29, 0.717) is 0 Å². The summed E-state index contributed by atoms with van der Waals surface area (Å²) in [5.74, 6) is -0.768. The minimum absolute atomic E-state index is 0. The zero-order valence-electron chi connectivity index (χ0n) is 13.3. The summed E-state index contributed by atoms with van der Waals surface area (Å²) in [4.78, 5) is 12.2. The number of carbonyl (C=O) groups excluding carboxylic acids is 1. The van der Waals surface area contributed by atoms with Gasteiger partial charge in [0.1, 0.15) is 0 Å². The number of hydrogen-bond donors (Lipinski definition) is 2. The summed E-state index contributed by atoms with van der Waals surface area (Å²) in [7, 11) is 2.55. The number of nitrogens with one attached hydrogen (secondary N) is 1. The van der Waals surface area contributed by atoms with Crippen molar-refractivity contribution >= 4 is 18.3 Å². The molecule has 0 heterocycles. The lowest BCUT2D eigenvalue weighted by Gasteiger charge is -2.24. The van der Waals surface area contributed by atoms with Gasteiger partial charge in [-0.2, -0.15) is 8.78 Å². The van der Waals surface area contributed by atoms with Gasteiger partial charge in [-0.3, -0.25) is 4.79 Å². The van der Waals surface area contributed by atoms with Crippen molar-refractivity contribution in [2.75, 3.05) is 20.8 Å². The molecular weight excluding hydrogens is 334 g/mol. The number of nitrogens with two attached hydrogens (primary N) is 1. The van der Waals surface area contributed by atoms with Crippen LogP contribution in [-0.2, 0) is 0 Å². The molecule has 0 unspecified atom stereocenters. The summed E-state index contributed by atoms with van der Waals surface area (Å²) in [6, 6.07) is 2.59. The van der Waals surface area contributed by atoms with Gasteiger partial charge >= 0.3 is 6.61 Å². The van der Waals surface area contributed by atoms with E-state index in [1.807, 2.05) is 0 Å². The molecule has 0 aliphatic rings. The molecule has 0 saturated carbocycles. The normalized spacial score (nSPS) is 10.8. The van der Waals surface area contributed by atoms with Crippen LogP contribution >= 0.6 is 12.4 Å². The molecular formula is C14H21ClF2N2O4. The van der Waals surface area contributed by atoms with Gasteiger partial charge < -0.3 is 25.3 Å². The van der Waals surface area contributed by atoms with Crippen molar-refractivity contribution < 1.29 is 27.8 Å². The lowest BCUT2D eigenvalue weighted by molar-refractivity contribution is -0.0526. The van der Waals surface area contributed by atoms with Gasteiger partial charge in [0.15, 0.2) is 11.5 Å². The predicted molar refractivity (Wildman–Crippen MR) is 84.0 cm³/mol. The fourth-order valence-electron chi connectivity index (χ4n) is 1.65. The molecule has 1 amide bonds. The fraction of sp³-hybridized carbons (Fsp3) is 0.500. The molecule has 0 radical (unpaired) electrons. The third-order valence-electron chi connectivity index (χ3n) is 2.89. The Labute approximate surface area is 139 Å². The maximum absolute atomic E-state index is 12.5. The molecule has 23 heavy (non-hydrogen) atoms. The van der Waals surface area contributed by atoms with Crippen molar-refractivity contribution in [1.82, 2.24) is 5.32 Å². The Balaban J connectivity index is 0.00000484. The molecule has 0 atom stereocenters. The zero-order chi connectivity index (χ0) is 16.9. The molecule has 0 aliphatic heterocycles. The third-order valence-corrected chi connectivity index (χ3v) is 2.89. The van der Waals surface area contributed by atoms with Crippen LogP contribution in [0.5, 0.6) is 17.2 Å². The second kappa shape index (κ2) is 8.73. The van der Waals surface area contributed by atoms with Crippen LogP contribution in [0.2, 0.25) is 0 Å². The monoisotopic (exact) mass is 354 g/mol. The van der Waals surface area contributed by atoms with Crippen LogP contribution in [0.3, 0.4) is 0 Å². The van der Waals surface area contributed by atoms with Gasteiger partial charge in [-0.1, -0.05) is 0 Å². The molecule has 1 aromatic carbocycles. The van der Waals surface area contributed by atoms with Crippen molar-refractivity contribution in [2.45, 2.75) is 26.0 Å². The summed E-state index contributed by atoms with van der Waals surface area (Å²) >= 11 is 0.